The summed E-state index contributed by atoms with van der Waals surface area (Å²) in [6, 6.07) is 7.31. The first kappa shape index (κ1) is 24.7. The monoisotopic (exact) mass is 481 g/mol. The Morgan fingerprint density at radius 2 is 1.79 bits per heavy atom. The fraction of sp³-hybridized carbons (Fsp3) is 0.600. The summed E-state index contributed by atoms with van der Waals surface area (Å²) in [4.78, 5) is 13.3. The van der Waals surface area contributed by atoms with Crippen molar-refractivity contribution in [1.29, 1.82) is 5.26 Å². The number of rotatable bonds is 9. The van der Waals surface area contributed by atoms with E-state index in [4.69, 9.17) is 0 Å². The van der Waals surface area contributed by atoms with Crippen LogP contribution in [0.15, 0.2) is 29.6 Å². The molecule has 0 unspecified atom stereocenters. The van der Waals surface area contributed by atoms with Crippen molar-refractivity contribution < 1.29 is 5.11 Å². The predicted molar refractivity (Wildman–Crippen MR) is 136 cm³/mol. The van der Waals surface area contributed by atoms with Gasteiger partial charge in [-0.15, -0.1) is 11.8 Å². The van der Waals surface area contributed by atoms with Gasteiger partial charge in [0.05, 0.1) is 12.3 Å². The molecule has 2 heterocycles. The minimum Gasteiger partial charge on any atom is -0.393 e. The minimum absolute atomic E-state index is 0.0983. The van der Waals surface area contributed by atoms with Gasteiger partial charge in [0.2, 0.25) is 5.95 Å². The summed E-state index contributed by atoms with van der Waals surface area (Å²) in [6.45, 7) is 1.39. The van der Waals surface area contributed by atoms with Crippen LogP contribution in [0, 0.1) is 17.2 Å². The van der Waals surface area contributed by atoms with E-state index in [0.29, 0.717) is 41.9 Å². The zero-order chi connectivity index (χ0) is 23.8. The number of thioether (sulfide) groups is 1. The predicted octanol–water partition coefficient (Wildman–Crippen LogP) is 3.94. The summed E-state index contributed by atoms with van der Waals surface area (Å²) in [7, 11) is 0. The topological polar surface area (TPSA) is 119 Å². The molecule has 2 aliphatic carbocycles. The molecule has 0 atom stereocenters. The maximum atomic E-state index is 9.71. The first-order valence-electron chi connectivity index (χ1n) is 12.3. The Labute approximate surface area is 206 Å². The lowest BCUT2D eigenvalue weighted by atomic mass is 9.84. The van der Waals surface area contributed by atoms with Crippen LogP contribution in [0.1, 0.15) is 62.5 Å². The second kappa shape index (κ2) is 12.3. The van der Waals surface area contributed by atoms with Gasteiger partial charge in [0, 0.05) is 36.9 Å². The van der Waals surface area contributed by atoms with Crippen LogP contribution in [-0.4, -0.2) is 51.0 Å². The van der Waals surface area contributed by atoms with Crippen LogP contribution in [-0.2, 0) is 6.54 Å². The Balaban J connectivity index is 1.26. The fourth-order valence-electron chi connectivity index (χ4n) is 4.95. The van der Waals surface area contributed by atoms with E-state index in [9.17, 15) is 10.4 Å². The molecule has 0 amide bonds. The molecule has 2 saturated carbocycles. The van der Waals surface area contributed by atoms with Gasteiger partial charge in [0.25, 0.3) is 0 Å². The van der Waals surface area contributed by atoms with E-state index in [1.807, 2.05) is 18.4 Å². The molecule has 0 radical (unpaired) electrons. The van der Waals surface area contributed by atoms with Crippen molar-refractivity contribution >= 4 is 23.5 Å². The zero-order valence-corrected chi connectivity index (χ0v) is 20.7. The molecule has 9 heteroatoms. The second-order valence-corrected chi connectivity index (χ2v) is 10.2. The van der Waals surface area contributed by atoms with E-state index in [-0.39, 0.29) is 6.10 Å². The fourth-order valence-corrected chi connectivity index (χ4v) is 5.52. The lowest BCUT2D eigenvalue weighted by Gasteiger charge is -2.34. The van der Waals surface area contributed by atoms with E-state index in [2.05, 4.69) is 37.0 Å². The lowest BCUT2D eigenvalue weighted by molar-refractivity contribution is 0.111. The average molecular weight is 482 g/mol. The quantitative estimate of drug-likeness (QED) is 0.395. The highest BCUT2D eigenvalue weighted by Gasteiger charge is 2.26. The van der Waals surface area contributed by atoms with Gasteiger partial charge in [-0.25, -0.2) is 9.97 Å². The first-order valence-corrected chi connectivity index (χ1v) is 13.5. The molecular formula is C25H35N7OS. The number of hydrogen-bond donors (Lipinski definition) is 4. The van der Waals surface area contributed by atoms with Crippen molar-refractivity contribution in [2.75, 3.05) is 23.4 Å². The summed E-state index contributed by atoms with van der Waals surface area (Å²) < 4.78 is 0. The molecule has 0 bridgehead atoms. The van der Waals surface area contributed by atoms with E-state index < -0.39 is 0 Å². The molecule has 0 aromatic carbocycles. The van der Waals surface area contributed by atoms with E-state index >= 15 is 0 Å². The number of nitrogens with one attached hydrogen (secondary N) is 3. The minimum atomic E-state index is -0.0983. The highest BCUT2D eigenvalue weighted by atomic mass is 32.2. The number of aliphatic hydroxyl groups excluding tert-OH is 1. The van der Waals surface area contributed by atoms with Gasteiger partial charge in [0.15, 0.2) is 0 Å². The van der Waals surface area contributed by atoms with E-state index in [1.165, 1.54) is 12.8 Å². The molecular weight excluding hydrogens is 446 g/mol. The maximum Gasteiger partial charge on any atom is 0.224 e. The van der Waals surface area contributed by atoms with Gasteiger partial charge < -0.3 is 21.1 Å². The van der Waals surface area contributed by atoms with Crippen LogP contribution in [0.4, 0.5) is 11.8 Å². The lowest BCUT2D eigenvalue weighted by Crippen LogP contribution is -2.43. The summed E-state index contributed by atoms with van der Waals surface area (Å²) >= 11 is 1.61. The van der Waals surface area contributed by atoms with E-state index in [0.717, 1.165) is 55.7 Å². The Hall–Kier alpha value is -2.41. The van der Waals surface area contributed by atoms with Crippen LogP contribution < -0.4 is 16.0 Å². The van der Waals surface area contributed by atoms with Crippen molar-refractivity contribution in [3.63, 3.8) is 0 Å². The van der Waals surface area contributed by atoms with Gasteiger partial charge in [-0.05, 0) is 69.6 Å². The third kappa shape index (κ3) is 6.81. The third-order valence-electron chi connectivity index (χ3n) is 6.96. The molecule has 34 heavy (non-hydrogen) atoms. The largest absolute Gasteiger partial charge is 0.393 e. The third-order valence-corrected chi connectivity index (χ3v) is 7.72. The van der Waals surface area contributed by atoms with Crippen LogP contribution >= 0.6 is 11.8 Å². The van der Waals surface area contributed by atoms with Crippen molar-refractivity contribution in [2.24, 2.45) is 5.92 Å². The molecule has 2 fully saturated rings. The van der Waals surface area contributed by atoms with Gasteiger partial charge in [0.1, 0.15) is 22.5 Å². The summed E-state index contributed by atoms with van der Waals surface area (Å²) in [5, 5.41) is 30.7. The number of nitrogens with zero attached hydrogens (tertiary/aromatic N) is 4. The number of anilines is 2. The van der Waals surface area contributed by atoms with Gasteiger partial charge in [-0.1, -0.05) is 6.07 Å². The summed E-state index contributed by atoms with van der Waals surface area (Å²) in [5.74, 6) is 1.67. The molecule has 0 saturated heterocycles. The van der Waals surface area contributed by atoms with Crippen LogP contribution in [0.5, 0.6) is 0 Å². The first-order chi connectivity index (χ1) is 16.6. The SMILES string of the molecule is CSc1ncccc1CNc1ncc(C#N)c(NCC2CCC(NC3CCC(O)CC3)CC2)n1. The number of hydrogen-bond acceptors (Lipinski definition) is 9. The average Bonchev–Trinajstić information content (AvgIpc) is 2.88. The molecule has 2 aromatic rings. The number of nitriles is 1. The molecule has 0 aliphatic heterocycles. The smallest absolute Gasteiger partial charge is 0.224 e. The van der Waals surface area contributed by atoms with Crippen LogP contribution in [0.3, 0.4) is 0 Å². The van der Waals surface area contributed by atoms with E-state index in [1.54, 1.807) is 24.2 Å². The number of aromatic nitrogens is 3. The summed E-state index contributed by atoms with van der Waals surface area (Å²) in [5.41, 5.74) is 1.55. The van der Waals surface area contributed by atoms with Crippen molar-refractivity contribution in [2.45, 2.75) is 81.1 Å². The zero-order valence-electron chi connectivity index (χ0n) is 19.8. The van der Waals surface area contributed by atoms with Gasteiger partial charge in [-0.3, -0.25) is 0 Å². The molecule has 0 spiro atoms. The van der Waals surface area contributed by atoms with Crippen LogP contribution in [0.25, 0.3) is 0 Å². The molecule has 182 valence electrons. The molecule has 4 rings (SSSR count). The summed E-state index contributed by atoms with van der Waals surface area (Å²) in [6.07, 6.45) is 14.0. The van der Waals surface area contributed by atoms with Crippen LogP contribution in [0.2, 0.25) is 0 Å². The Kier molecular flexibility index (Phi) is 8.97. The molecule has 2 aromatic heterocycles. The molecule has 8 nitrogen and oxygen atoms in total. The van der Waals surface area contributed by atoms with Crippen molar-refractivity contribution in [3.8, 4) is 6.07 Å². The highest BCUT2D eigenvalue weighted by Crippen LogP contribution is 2.27. The maximum absolute atomic E-state index is 9.71. The standard InChI is InChI=1S/C25H35N7OS/c1-34-24-18(3-2-12-27-24)15-29-25-30-16-19(13-26)23(32-25)28-14-17-4-6-20(7-5-17)31-21-8-10-22(33)11-9-21/h2-3,12,16-17,20-22,31,33H,4-11,14-15H2,1H3,(H2,28,29,30,32). The Morgan fingerprint density at radius 1 is 1.06 bits per heavy atom. The second-order valence-electron chi connectivity index (χ2n) is 9.36. The van der Waals surface area contributed by atoms with Gasteiger partial charge >= 0.3 is 0 Å². The van der Waals surface area contributed by atoms with Crippen molar-refractivity contribution in [3.05, 3.63) is 35.7 Å². The Bertz CT molecular complexity index is 966. The number of aliphatic hydroxyl groups is 1. The number of pyridine rings is 1. The Morgan fingerprint density at radius 3 is 2.50 bits per heavy atom. The van der Waals surface area contributed by atoms with Crippen molar-refractivity contribution in [1.82, 2.24) is 20.3 Å². The molecule has 2 aliphatic rings. The van der Waals surface area contributed by atoms with Gasteiger partial charge in [-0.2, -0.15) is 10.2 Å². The highest BCUT2D eigenvalue weighted by molar-refractivity contribution is 7.98. The molecule has 4 N–H and O–H groups in total. The normalized spacial score (nSPS) is 24.9.